The highest BCUT2D eigenvalue weighted by atomic mass is 32.2. The molecule has 0 bridgehead atoms. The van der Waals surface area contributed by atoms with Crippen LogP contribution in [0.5, 0.6) is 0 Å². The number of hydrogen-bond acceptors (Lipinski definition) is 18. The van der Waals surface area contributed by atoms with Crippen molar-refractivity contribution in [3.63, 3.8) is 0 Å². The van der Waals surface area contributed by atoms with Crippen LogP contribution in [-0.4, -0.2) is 120 Å². The highest BCUT2D eigenvalue weighted by Gasteiger charge is 2.45. The van der Waals surface area contributed by atoms with Gasteiger partial charge in [-0.25, -0.2) is 13.2 Å². The lowest BCUT2D eigenvalue weighted by atomic mass is 9.81. The number of rotatable bonds is 38. The van der Waals surface area contributed by atoms with E-state index < -0.39 is 21.6 Å². The number of nitrogens with zero attached hydrogens (tertiary/aromatic N) is 3. The van der Waals surface area contributed by atoms with Crippen LogP contribution in [0, 0.1) is 0 Å². The topological polar surface area (TPSA) is 283 Å². The second-order valence-corrected chi connectivity index (χ2v) is 26.0. The van der Waals surface area contributed by atoms with E-state index in [2.05, 4.69) is 76.3 Å². The first-order chi connectivity index (χ1) is 39.6. The predicted octanol–water partition coefficient (Wildman–Crippen LogP) is 7.51. The minimum atomic E-state index is -4.70. The summed E-state index contributed by atoms with van der Waals surface area (Å²) in [6.45, 7) is 14.6. The summed E-state index contributed by atoms with van der Waals surface area (Å²) in [7, 11) is -2.89. The number of unbranched alkanes of at least 4 members (excludes halogenated alkanes) is 7. The standard InChI is InChI=1S/C58H85N7O14S4/c1-8-64-48-32-30-42(82-79-77-72)39-44(48)57(3,4)50(64)25-14-10-15-26-51-58(5,6)45-40-43(83(73,74)75)31-33-49(45)65(51)36-22-12-18-28-53(67)60-35-21-19-23-46(55(69)80-37-38-81-78-76-71)62-54(68)29-17-11-20-34-59-52(66)27-16-9-13-24-47-41(2)61-56(70)63(47)7/h10,14-15,25-26,30-33,39-41,46-47H,8-9,11-13,16-24,27-29,34-38H2,1-7H3,(H6-,59,60,61,62,66,67,68,70,71,72,73,74,75)/p-2. The Bertz CT molecular complexity index is 2760. The Hall–Kier alpha value is -4.80. The van der Waals surface area contributed by atoms with Gasteiger partial charge < -0.3 is 46.1 Å². The average Bonchev–Trinajstić information content (AvgIpc) is 2.30. The maximum Gasteiger partial charge on any atom is 0.317 e. The molecule has 2 aromatic rings. The Morgan fingerprint density at radius 2 is 1.46 bits per heavy atom. The van der Waals surface area contributed by atoms with Crippen molar-refractivity contribution in [1.29, 1.82) is 0 Å². The Morgan fingerprint density at radius 1 is 0.795 bits per heavy atom. The van der Waals surface area contributed by atoms with Gasteiger partial charge in [0, 0.05) is 121 Å². The van der Waals surface area contributed by atoms with Gasteiger partial charge in [-0.1, -0.05) is 63.1 Å². The van der Waals surface area contributed by atoms with Crippen molar-refractivity contribution >= 4 is 91.9 Å². The zero-order chi connectivity index (χ0) is 60.6. The SMILES string of the molecule is CCN1\C(=C/C=C/C=C/C2=[N+](CCCCCC(=O)NCCCCC(NC(=O)CCCCCNC(=O)CCCCCC3C(C)NC(=O)N3C)C(=O)SCCSOO[O-])c3ccc(S(=O)(=O)[O-])cc3C2(C)C)C(C)(C)c2cc(SOO[O-])ccc21. The summed E-state index contributed by atoms with van der Waals surface area (Å²) in [5.74, 6) is 0.304. The molecule has 0 aromatic heterocycles. The summed E-state index contributed by atoms with van der Waals surface area (Å²) < 4.78 is 47.4. The molecule has 1 fully saturated rings. The van der Waals surface area contributed by atoms with E-state index in [9.17, 15) is 47.5 Å². The Labute approximate surface area is 502 Å². The third kappa shape index (κ3) is 20.7. The molecule has 2 aromatic carbocycles. The molecule has 5 rings (SSSR count). The van der Waals surface area contributed by atoms with E-state index in [0.29, 0.717) is 82.5 Å². The number of amides is 5. The van der Waals surface area contributed by atoms with E-state index >= 15 is 0 Å². The van der Waals surface area contributed by atoms with Crippen LogP contribution in [0.1, 0.15) is 155 Å². The van der Waals surface area contributed by atoms with Crippen molar-refractivity contribution in [3.8, 4) is 0 Å². The first-order valence-electron chi connectivity index (χ1n) is 28.6. The van der Waals surface area contributed by atoms with Crippen molar-refractivity contribution in [2.75, 3.05) is 49.6 Å². The van der Waals surface area contributed by atoms with Crippen LogP contribution >= 0.6 is 35.8 Å². The normalized spacial score (nSPS) is 18.1. The summed E-state index contributed by atoms with van der Waals surface area (Å²) in [5, 5.41) is 39.0. The number of nitrogens with one attached hydrogen (secondary N) is 4. The number of fused-ring (bicyclic) bond motifs is 2. The lowest BCUT2D eigenvalue weighted by Gasteiger charge is -2.25. The van der Waals surface area contributed by atoms with E-state index in [4.69, 9.17) is 0 Å². The van der Waals surface area contributed by atoms with Gasteiger partial charge in [0.05, 0.1) is 34.4 Å². The highest BCUT2D eigenvalue weighted by Crippen LogP contribution is 2.49. The van der Waals surface area contributed by atoms with Crippen molar-refractivity contribution in [2.45, 2.75) is 183 Å². The van der Waals surface area contributed by atoms with Gasteiger partial charge in [0.2, 0.25) is 28.5 Å². The number of carbonyl (C=O) groups excluding carboxylic acids is 5. The van der Waals surface area contributed by atoms with Gasteiger partial charge in [-0.05, 0) is 127 Å². The van der Waals surface area contributed by atoms with Crippen LogP contribution in [0.2, 0.25) is 0 Å². The highest BCUT2D eigenvalue weighted by molar-refractivity contribution is 8.14. The Balaban J connectivity index is 1.05. The van der Waals surface area contributed by atoms with Gasteiger partial charge in [-0.2, -0.15) is 13.2 Å². The van der Waals surface area contributed by atoms with E-state index in [1.54, 1.807) is 11.0 Å². The molecule has 83 heavy (non-hydrogen) atoms. The van der Waals surface area contributed by atoms with Gasteiger partial charge in [-0.3, -0.25) is 29.3 Å². The molecule has 3 unspecified atom stereocenters. The van der Waals surface area contributed by atoms with Crippen molar-refractivity contribution in [1.82, 2.24) is 26.2 Å². The third-order valence-corrected chi connectivity index (χ3v) is 18.6. The van der Waals surface area contributed by atoms with Crippen LogP contribution in [0.3, 0.4) is 0 Å². The number of hydrogen-bond donors (Lipinski definition) is 4. The first kappa shape index (κ1) is 69.0. The number of allylic oxidation sites excluding steroid dienone is 6. The van der Waals surface area contributed by atoms with Crippen molar-refractivity contribution < 1.29 is 70.8 Å². The van der Waals surface area contributed by atoms with E-state index in [0.717, 1.165) is 126 Å². The fourth-order valence-electron chi connectivity index (χ4n) is 10.9. The second-order valence-electron chi connectivity index (χ2n) is 21.9. The molecule has 4 N–H and O–H groups in total. The number of benzene rings is 2. The summed E-state index contributed by atoms with van der Waals surface area (Å²) in [6.07, 6.45) is 20.1. The number of anilines is 1. The molecule has 3 atom stereocenters. The molecule has 21 nitrogen and oxygen atoms in total. The molecule has 0 saturated carbocycles. The van der Waals surface area contributed by atoms with Crippen LogP contribution < -0.4 is 36.7 Å². The lowest BCUT2D eigenvalue weighted by Crippen LogP contribution is -2.40. The number of carbonyl (C=O) groups is 5. The molecule has 3 aliphatic heterocycles. The lowest BCUT2D eigenvalue weighted by molar-refractivity contribution is -0.777. The molecule has 3 heterocycles. The molecule has 0 spiro atoms. The van der Waals surface area contributed by atoms with Gasteiger partial charge in [0.15, 0.2) is 5.71 Å². The molecule has 0 aliphatic carbocycles. The van der Waals surface area contributed by atoms with Gasteiger partial charge >= 0.3 is 6.03 Å². The van der Waals surface area contributed by atoms with E-state index in [-0.39, 0.29) is 57.7 Å². The monoisotopic (exact) mass is 1230 g/mol. The smallest absolute Gasteiger partial charge is 0.317 e. The maximum atomic E-state index is 13.2. The number of urea groups is 1. The molecule has 0 radical (unpaired) electrons. The maximum absolute atomic E-state index is 13.2. The van der Waals surface area contributed by atoms with E-state index in [1.807, 2.05) is 70.3 Å². The molecule has 3 aliphatic rings. The molecular formula is C58H83N7O14S4-2. The fourth-order valence-corrected chi connectivity index (χ4v) is 13.1. The molecule has 25 heteroatoms. The van der Waals surface area contributed by atoms with Gasteiger partial charge in [0.25, 0.3) is 0 Å². The summed E-state index contributed by atoms with van der Waals surface area (Å²) in [5.41, 5.74) is 4.69. The van der Waals surface area contributed by atoms with Gasteiger partial charge in [-0.15, -0.1) is 0 Å². The molecule has 1 saturated heterocycles. The van der Waals surface area contributed by atoms with Gasteiger partial charge in [0.1, 0.15) is 16.7 Å². The largest absolute Gasteiger partial charge is 0.744 e. The van der Waals surface area contributed by atoms with Crippen molar-refractivity contribution in [3.05, 3.63) is 83.6 Å². The van der Waals surface area contributed by atoms with Crippen molar-refractivity contribution in [2.24, 2.45) is 0 Å². The second kappa shape index (κ2) is 34.4. The predicted molar refractivity (Wildman–Crippen MR) is 318 cm³/mol. The average molecular weight is 1230 g/mol. The minimum absolute atomic E-state index is 0.00303. The Kier molecular flexibility index (Phi) is 28.6. The van der Waals surface area contributed by atoms with Crippen LogP contribution in [0.25, 0.3) is 0 Å². The molecular weight excluding hydrogens is 1150 g/mol. The zero-order valence-electron chi connectivity index (χ0n) is 48.8. The van der Waals surface area contributed by atoms with Crippen LogP contribution in [0.4, 0.5) is 16.2 Å². The van der Waals surface area contributed by atoms with Crippen LogP contribution in [0.15, 0.2) is 82.3 Å². The summed E-state index contributed by atoms with van der Waals surface area (Å²) in [4.78, 5) is 67.8. The quantitative estimate of drug-likeness (QED) is 0.00962. The Morgan fingerprint density at radius 3 is 2.11 bits per heavy atom. The summed E-state index contributed by atoms with van der Waals surface area (Å²) in [6, 6.07) is 9.89. The van der Waals surface area contributed by atoms with E-state index in [1.165, 1.54) is 12.1 Å². The molecule has 460 valence electrons. The third-order valence-electron chi connectivity index (χ3n) is 15.4. The number of thioether (sulfide) groups is 1. The summed E-state index contributed by atoms with van der Waals surface area (Å²) >= 11 is 2.66. The minimum Gasteiger partial charge on any atom is -0.744 e. The number of likely N-dealkylation sites (N-methyl/N-ethyl adjacent to an activating group) is 2. The first-order valence-corrected chi connectivity index (χ1v) is 32.7. The fraction of sp³-hybridized carbons (Fsp3) is 0.586. The zero-order valence-corrected chi connectivity index (χ0v) is 52.1. The molecule has 5 amide bonds. The van der Waals surface area contributed by atoms with Crippen LogP contribution in [-0.2, 0) is 58.9 Å².